The Kier molecular flexibility index (Phi) is 4.29. The van der Waals surface area contributed by atoms with Gasteiger partial charge in [-0.2, -0.15) is 0 Å². The zero-order chi connectivity index (χ0) is 11.4. The highest BCUT2D eigenvalue weighted by molar-refractivity contribution is 4.89. The molecule has 0 aromatic heterocycles. The standard InChI is InChI=1S/C15H28O/c1-3-13-4-8-15(9-5-13)10-6-14(7-11-15)12-16-2/h13-14H,3-12H2,1-2H3. The molecule has 0 aromatic carbocycles. The number of rotatable bonds is 3. The van der Waals surface area contributed by atoms with Crippen LogP contribution in [0.25, 0.3) is 0 Å². The van der Waals surface area contributed by atoms with Crippen molar-refractivity contribution in [2.24, 2.45) is 17.3 Å². The highest BCUT2D eigenvalue weighted by atomic mass is 16.5. The molecule has 0 saturated heterocycles. The van der Waals surface area contributed by atoms with E-state index in [0.717, 1.165) is 23.9 Å². The average Bonchev–Trinajstić information content (AvgIpc) is 2.34. The van der Waals surface area contributed by atoms with E-state index in [9.17, 15) is 0 Å². The van der Waals surface area contributed by atoms with Crippen molar-refractivity contribution in [3.05, 3.63) is 0 Å². The van der Waals surface area contributed by atoms with Crippen LogP contribution in [0.3, 0.4) is 0 Å². The van der Waals surface area contributed by atoms with Gasteiger partial charge < -0.3 is 4.74 Å². The SMILES string of the molecule is CCC1CCC2(CC1)CCC(COC)CC2. The van der Waals surface area contributed by atoms with Gasteiger partial charge in [-0.3, -0.25) is 0 Å². The summed E-state index contributed by atoms with van der Waals surface area (Å²) in [7, 11) is 1.84. The first kappa shape index (κ1) is 12.4. The van der Waals surface area contributed by atoms with Crippen LogP contribution in [0.5, 0.6) is 0 Å². The molecule has 0 unspecified atom stereocenters. The summed E-state index contributed by atoms with van der Waals surface area (Å²) >= 11 is 0. The van der Waals surface area contributed by atoms with E-state index in [4.69, 9.17) is 4.74 Å². The molecule has 0 heterocycles. The molecule has 2 rings (SSSR count). The quantitative estimate of drug-likeness (QED) is 0.690. The monoisotopic (exact) mass is 224 g/mol. The average molecular weight is 224 g/mol. The van der Waals surface area contributed by atoms with Crippen LogP contribution in [0.2, 0.25) is 0 Å². The lowest BCUT2D eigenvalue weighted by atomic mass is 9.61. The summed E-state index contributed by atoms with van der Waals surface area (Å²) in [5, 5.41) is 0. The third-order valence-corrected chi connectivity index (χ3v) is 5.31. The van der Waals surface area contributed by atoms with E-state index in [2.05, 4.69) is 6.92 Å². The van der Waals surface area contributed by atoms with Crippen molar-refractivity contribution in [2.45, 2.75) is 64.7 Å². The third-order valence-electron chi connectivity index (χ3n) is 5.31. The molecule has 1 spiro atoms. The first-order chi connectivity index (χ1) is 7.78. The van der Waals surface area contributed by atoms with Crippen LogP contribution in [0.4, 0.5) is 0 Å². The largest absolute Gasteiger partial charge is 0.384 e. The minimum atomic E-state index is 0.760. The molecule has 0 aliphatic heterocycles. The zero-order valence-corrected chi connectivity index (χ0v) is 11.1. The van der Waals surface area contributed by atoms with E-state index >= 15 is 0 Å². The van der Waals surface area contributed by atoms with Gasteiger partial charge in [-0.15, -0.1) is 0 Å². The number of hydrogen-bond acceptors (Lipinski definition) is 1. The van der Waals surface area contributed by atoms with Crippen molar-refractivity contribution in [3.63, 3.8) is 0 Å². The Balaban J connectivity index is 1.79. The predicted octanol–water partition coefficient (Wildman–Crippen LogP) is 4.41. The molecule has 2 aliphatic carbocycles. The zero-order valence-electron chi connectivity index (χ0n) is 11.1. The maximum absolute atomic E-state index is 5.29. The van der Waals surface area contributed by atoms with E-state index in [-0.39, 0.29) is 0 Å². The lowest BCUT2D eigenvalue weighted by Gasteiger charge is -2.44. The summed E-state index contributed by atoms with van der Waals surface area (Å²) in [6.45, 7) is 3.35. The van der Waals surface area contributed by atoms with Gasteiger partial charge in [-0.05, 0) is 68.6 Å². The molecule has 0 bridgehead atoms. The first-order valence-electron chi connectivity index (χ1n) is 7.27. The Morgan fingerprint density at radius 1 is 0.938 bits per heavy atom. The van der Waals surface area contributed by atoms with Crippen LogP contribution >= 0.6 is 0 Å². The van der Waals surface area contributed by atoms with E-state index < -0.39 is 0 Å². The fraction of sp³-hybridized carbons (Fsp3) is 1.00. The minimum Gasteiger partial charge on any atom is -0.384 e. The minimum absolute atomic E-state index is 0.760. The van der Waals surface area contributed by atoms with Gasteiger partial charge in [0.05, 0.1) is 0 Å². The predicted molar refractivity (Wildman–Crippen MR) is 68.5 cm³/mol. The maximum atomic E-state index is 5.29. The molecule has 2 aliphatic rings. The Hall–Kier alpha value is -0.0400. The second-order valence-electron chi connectivity index (χ2n) is 6.25. The van der Waals surface area contributed by atoms with Crippen molar-refractivity contribution in [2.75, 3.05) is 13.7 Å². The molecule has 0 radical (unpaired) electrons. The number of hydrogen-bond donors (Lipinski definition) is 0. The molecule has 0 aromatic rings. The highest BCUT2D eigenvalue weighted by Crippen LogP contribution is 2.50. The van der Waals surface area contributed by atoms with E-state index in [1.54, 1.807) is 0 Å². The molecule has 0 atom stereocenters. The topological polar surface area (TPSA) is 9.23 Å². The first-order valence-corrected chi connectivity index (χ1v) is 7.27. The van der Waals surface area contributed by atoms with Crippen molar-refractivity contribution < 1.29 is 4.74 Å². The van der Waals surface area contributed by atoms with Gasteiger partial charge in [0.15, 0.2) is 0 Å². The van der Waals surface area contributed by atoms with Crippen LogP contribution in [-0.4, -0.2) is 13.7 Å². The molecule has 1 nitrogen and oxygen atoms in total. The Bertz CT molecular complexity index is 193. The molecular weight excluding hydrogens is 196 g/mol. The maximum Gasteiger partial charge on any atom is 0.0490 e. The summed E-state index contributed by atoms with van der Waals surface area (Å²) in [6, 6.07) is 0. The highest BCUT2D eigenvalue weighted by Gasteiger charge is 2.37. The smallest absolute Gasteiger partial charge is 0.0490 e. The lowest BCUT2D eigenvalue weighted by Crippen LogP contribution is -2.32. The second-order valence-corrected chi connectivity index (χ2v) is 6.25. The molecule has 2 saturated carbocycles. The molecule has 1 heteroatoms. The Morgan fingerprint density at radius 3 is 1.88 bits per heavy atom. The van der Waals surface area contributed by atoms with Gasteiger partial charge in [0.25, 0.3) is 0 Å². The Morgan fingerprint density at radius 2 is 1.44 bits per heavy atom. The molecule has 0 amide bonds. The van der Waals surface area contributed by atoms with Gasteiger partial charge in [-0.25, -0.2) is 0 Å². The van der Waals surface area contributed by atoms with E-state index in [1.807, 2.05) is 7.11 Å². The normalized spacial score (nSPS) is 40.1. The Labute approximate surface area is 101 Å². The summed E-state index contributed by atoms with van der Waals surface area (Å²) in [6.07, 6.45) is 13.3. The van der Waals surface area contributed by atoms with Crippen molar-refractivity contribution >= 4 is 0 Å². The van der Waals surface area contributed by atoms with Crippen LogP contribution in [0.15, 0.2) is 0 Å². The fourth-order valence-electron chi connectivity index (χ4n) is 3.89. The molecule has 2 fully saturated rings. The van der Waals surface area contributed by atoms with Crippen LogP contribution < -0.4 is 0 Å². The number of ether oxygens (including phenoxy) is 1. The molecule has 94 valence electrons. The van der Waals surface area contributed by atoms with Crippen LogP contribution in [0.1, 0.15) is 64.7 Å². The van der Waals surface area contributed by atoms with Gasteiger partial charge in [0.1, 0.15) is 0 Å². The number of methoxy groups -OCH3 is 1. The van der Waals surface area contributed by atoms with Crippen molar-refractivity contribution in [3.8, 4) is 0 Å². The third kappa shape index (κ3) is 2.80. The van der Waals surface area contributed by atoms with Crippen molar-refractivity contribution in [1.82, 2.24) is 0 Å². The van der Waals surface area contributed by atoms with Crippen molar-refractivity contribution in [1.29, 1.82) is 0 Å². The van der Waals surface area contributed by atoms with Gasteiger partial charge in [0, 0.05) is 13.7 Å². The van der Waals surface area contributed by atoms with Crippen LogP contribution in [0, 0.1) is 17.3 Å². The second kappa shape index (κ2) is 5.53. The van der Waals surface area contributed by atoms with Gasteiger partial charge in [-0.1, -0.05) is 13.3 Å². The van der Waals surface area contributed by atoms with Gasteiger partial charge >= 0.3 is 0 Å². The molecular formula is C15H28O. The fourth-order valence-corrected chi connectivity index (χ4v) is 3.89. The lowest BCUT2D eigenvalue weighted by molar-refractivity contribution is 0.0466. The van der Waals surface area contributed by atoms with E-state index in [0.29, 0.717) is 0 Å². The van der Waals surface area contributed by atoms with E-state index in [1.165, 1.54) is 57.8 Å². The molecule has 16 heavy (non-hydrogen) atoms. The summed E-state index contributed by atoms with van der Waals surface area (Å²) in [4.78, 5) is 0. The van der Waals surface area contributed by atoms with Gasteiger partial charge in [0.2, 0.25) is 0 Å². The summed E-state index contributed by atoms with van der Waals surface area (Å²) in [5.41, 5.74) is 0.760. The summed E-state index contributed by atoms with van der Waals surface area (Å²) in [5.74, 6) is 1.90. The summed E-state index contributed by atoms with van der Waals surface area (Å²) < 4.78 is 5.29. The molecule has 0 N–H and O–H groups in total. The van der Waals surface area contributed by atoms with Crippen LogP contribution in [-0.2, 0) is 4.74 Å².